The molecular formula is C38H28N2O2Se2. The Kier molecular flexibility index (Phi) is 9.47. The van der Waals surface area contributed by atoms with Crippen molar-refractivity contribution in [1.29, 1.82) is 0 Å². The number of hydrogen-bond donors (Lipinski definition) is 2. The molecule has 6 heteroatoms. The van der Waals surface area contributed by atoms with Gasteiger partial charge in [-0.25, -0.2) is 0 Å². The SMILES string of the molecule is O=C(Nc1ccccc1)c1ccccc1-c1ccccc1[Se][Se]c1ccccc1-c1ccccc1C(=O)Nc1ccccc1. The van der Waals surface area contributed by atoms with E-state index in [0.29, 0.717) is 11.1 Å². The predicted octanol–water partition coefficient (Wildman–Crippen LogP) is 6.80. The Morgan fingerprint density at radius 3 is 1.09 bits per heavy atom. The number of para-hydroxylation sites is 2. The van der Waals surface area contributed by atoms with Gasteiger partial charge in [-0.05, 0) is 0 Å². The summed E-state index contributed by atoms with van der Waals surface area (Å²) in [5.41, 5.74) is 6.82. The van der Waals surface area contributed by atoms with Gasteiger partial charge < -0.3 is 0 Å². The molecule has 0 saturated carbocycles. The van der Waals surface area contributed by atoms with E-state index in [1.165, 1.54) is 8.92 Å². The Hall–Kier alpha value is -4.70. The molecule has 0 fully saturated rings. The molecular weight excluding hydrogens is 674 g/mol. The minimum atomic E-state index is -0.129. The van der Waals surface area contributed by atoms with E-state index in [1.807, 2.05) is 121 Å². The van der Waals surface area contributed by atoms with Gasteiger partial charge in [0, 0.05) is 0 Å². The molecule has 6 aromatic rings. The zero-order valence-electron chi connectivity index (χ0n) is 23.6. The second-order valence-corrected chi connectivity index (χ2v) is 16.1. The van der Waals surface area contributed by atoms with Crippen LogP contribution >= 0.6 is 0 Å². The fourth-order valence-electron chi connectivity index (χ4n) is 4.89. The summed E-state index contributed by atoms with van der Waals surface area (Å²) in [6, 6.07) is 51.4. The Balaban J connectivity index is 1.27. The first-order valence-electron chi connectivity index (χ1n) is 14.1. The van der Waals surface area contributed by atoms with Crippen molar-refractivity contribution in [3.8, 4) is 22.3 Å². The normalized spacial score (nSPS) is 10.6. The van der Waals surface area contributed by atoms with Gasteiger partial charge in [0.15, 0.2) is 0 Å². The van der Waals surface area contributed by atoms with Crippen LogP contribution in [0.3, 0.4) is 0 Å². The number of anilines is 2. The first-order chi connectivity index (χ1) is 21.7. The molecule has 0 saturated heterocycles. The quantitative estimate of drug-likeness (QED) is 0.163. The molecule has 0 aliphatic carbocycles. The number of benzene rings is 6. The number of carbonyl (C=O) groups is 2. The van der Waals surface area contributed by atoms with E-state index in [2.05, 4.69) is 47.0 Å². The molecule has 0 aromatic heterocycles. The van der Waals surface area contributed by atoms with Crippen LogP contribution in [0.2, 0.25) is 0 Å². The summed E-state index contributed by atoms with van der Waals surface area (Å²) >= 11 is 0.230. The number of nitrogens with one attached hydrogen (secondary N) is 2. The van der Waals surface area contributed by atoms with Crippen LogP contribution in [0.25, 0.3) is 22.3 Å². The van der Waals surface area contributed by atoms with Crippen molar-refractivity contribution in [3.63, 3.8) is 0 Å². The zero-order chi connectivity index (χ0) is 30.1. The van der Waals surface area contributed by atoms with Crippen molar-refractivity contribution in [2.24, 2.45) is 0 Å². The van der Waals surface area contributed by atoms with E-state index < -0.39 is 0 Å². The van der Waals surface area contributed by atoms with Crippen molar-refractivity contribution in [1.82, 2.24) is 0 Å². The van der Waals surface area contributed by atoms with Gasteiger partial charge >= 0.3 is 270 Å². The third-order valence-corrected chi connectivity index (χ3v) is 14.2. The van der Waals surface area contributed by atoms with Crippen molar-refractivity contribution in [2.45, 2.75) is 0 Å². The van der Waals surface area contributed by atoms with Gasteiger partial charge in [-0.1, -0.05) is 0 Å². The molecule has 6 aromatic carbocycles. The fourth-order valence-corrected chi connectivity index (χ4v) is 12.1. The summed E-state index contributed by atoms with van der Waals surface area (Å²) < 4.78 is 2.48. The van der Waals surface area contributed by atoms with Gasteiger partial charge in [-0.3, -0.25) is 0 Å². The molecule has 0 atom stereocenters. The van der Waals surface area contributed by atoms with Crippen molar-refractivity contribution < 1.29 is 9.59 Å². The zero-order valence-corrected chi connectivity index (χ0v) is 27.1. The van der Waals surface area contributed by atoms with Crippen LogP contribution in [0.5, 0.6) is 0 Å². The van der Waals surface area contributed by atoms with Crippen molar-refractivity contribution in [3.05, 3.63) is 169 Å². The summed E-state index contributed by atoms with van der Waals surface area (Å²) in [6.07, 6.45) is 0. The summed E-state index contributed by atoms with van der Waals surface area (Å²) in [7, 11) is 0. The molecule has 0 unspecified atom stereocenters. The Morgan fingerprint density at radius 2 is 0.682 bits per heavy atom. The molecule has 0 aliphatic rings. The third-order valence-electron chi connectivity index (χ3n) is 6.98. The summed E-state index contributed by atoms with van der Waals surface area (Å²) in [6.45, 7) is 0. The first kappa shape index (κ1) is 29.4. The predicted molar refractivity (Wildman–Crippen MR) is 183 cm³/mol. The first-order valence-corrected chi connectivity index (χ1v) is 20.2. The van der Waals surface area contributed by atoms with Crippen molar-refractivity contribution >= 4 is 58.4 Å². The van der Waals surface area contributed by atoms with Crippen LogP contribution in [0, 0.1) is 0 Å². The van der Waals surface area contributed by atoms with Crippen molar-refractivity contribution in [2.75, 3.05) is 10.6 Å². The van der Waals surface area contributed by atoms with Gasteiger partial charge in [0.1, 0.15) is 0 Å². The Morgan fingerprint density at radius 1 is 0.364 bits per heavy atom. The van der Waals surface area contributed by atoms with Crippen LogP contribution in [0.1, 0.15) is 20.7 Å². The van der Waals surface area contributed by atoms with Gasteiger partial charge in [-0.15, -0.1) is 0 Å². The molecule has 6 rings (SSSR count). The number of rotatable bonds is 9. The van der Waals surface area contributed by atoms with E-state index in [4.69, 9.17) is 0 Å². The van der Waals surface area contributed by atoms with Crippen LogP contribution in [-0.2, 0) is 0 Å². The molecule has 0 bridgehead atoms. The van der Waals surface area contributed by atoms with Crippen LogP contribution in [0.15, 0.2) is 158 Å². The van der Waals surface area contributed by atoms with Gasteiger partial charge in [0.25, 0.3) is 0 Å². The second-order valence-electron chi connectivity index (χ2n) is 9.89. The van der Waals surface area contributed by atoms with Gasteiger partial charge in [0.2, 0.25) is 0 Å². The van der Waals surface area contributed by atoms with Crippen LogP contribution in [-0.4, -0.2) is 38.1 Å². The number of hydrogen-bond acceptors (Lipinski definition) is 2. The van der Waals surface area contributed by atoms with Crippen LogP contribution in [0.4, 0.5) is 11.4 Å². The van der Waals surface area contributed by atoms with E-state index in [1.54, 1.807) is 0 Å². The molecule has 2 N–H and O–H groups in total. The molecule has 214 valence electrons. The standard InChI is InChI=1S/C38H28N2O2Se2/c41-37(39-27-15-3-1-4-16-27)33-23-9-7-19-29(33)31-21-11-13-25-35(31)43-44-36-26-14-12-22-32(36)30-20-8-10-24-34(30)38(42)40-28-17-5-2-6-18-28/h1-26H,(H,39,41)(H,40,42). The summed E-state index contributed by atoms with van der Waals surface area (Å²) in [5, 5.41) is 6.08. The topological polar surface area (TPSA) is 58.2 Å². The third kappa shape index (κ3) is 6.92. The summed E-state index contributed by atoms with van der Waals surface area (Å²) in [4.78, 5) is 26.7. The maximum absolute atomic E-state index is 13.4. The Labute approximate surface area is 268 Å². The monoisotopic (exact) mass is 704 g/mol. The van der Waals surface area contributed by atoms with E-state index in [-0.39, 0.29) is 38.1 Å². The molecule has 4 nitrogen and oxygen atoms in total. The molecule has 2 amide bonds. The molecule has 0 radical (unpaired) electrons. The average molecular weight is 703 g/mol. The molecule has 0 aliphatic heterocycles. The van der Waals surface area contributed by atoms with E-state index >= 15 is 0 Å². The fraction of sp³-hybridized carbons (Fsp3) is 0. The van der Waals surface area contributed by atoms with E-state index in [9.17, 15) is 9.59 Å². The number of carbonyl (C=O) groups excluding carboxylic acids is 2. The molecule has 0 spiro atoms. The summed E-state index contributed by atoms with van der Waals surface area (Å²) in [5.74, 6) is -0.259. The minimum absolute atomic E-state index is 0.115. The Bertz CT molecular complexity index is 1770. The average Bonchev–Trinajstić information content (AvgIpc) is 3.08. The number of amides is 2. The van der Waals surface area contributed by atoms with Crippen LogP contribution < -0.4 is 19.6 Å². The maximum atomic E-state index is 13.4. The van der Waals surface area contributed by atoms with Gasteiger partial charge in [0.05, 0.1) is 0 Å². The molecule has 0 heterocycles. The van der Waals surface area contributed by atoms with E-state index in [0.717, 1.165) is 33.6 Å². The second kappa shape index (κ2) is 14.2. The van der Waals surface area contributed by atoms with Gasteiger partial charge in [-0.2, -0.15) is 0 Å². The molecule has 44 heavy (non-hydrogen) atoms.